The Morgan fingerprint density at radius 1 is 1.12 bits per heavy atom. The third-order valence-electron chi connectivity index (χ3n) is 10.2. The summed E-state index contributed by atoms with van der Waals surface area (Å²) in [6.45, 7) is 10.7. The van der Waals surface area contributed by atoms with Crippen molar-refractivity contribution in [2.45, 2.75) is 25.5 Å². The molecule has 2 saturated heterocycles. The molecule has 0 unspecified atom stereocenters. The van der Waals surface area contributed by atoms with Crippen LogP contribution in [-0.4, -0.2) is 65.2 Å². The number of hydrogen-bond donors (Lipinski definition) is 1. The Bertz CT molecular complexity index is 2280. The van der Waals surface area contributed by atoms with Gasteiger partial charge in [-0.15, -0.1) is 0 Å². The molecule has 3 aromatic heterocycles. The fourth-order valence-electron chi connectivity index (χ4n) is 7.99. The lowest BCUT2D eigenvalue weighted by Crippen LogP contribution is -2.35. The van der Waals surface area contributed by atoms with E-state index in [-0.39, 0.29) is 29.3 Å². The van der Waals surface area contributed by atoms with E-state index in [0.717, 1.165) is 59.7 Å². The lowest BCUT2D eigenvalue weighted by Gasteiger charge is -2.31. The van der Waals surface area contributed by atoms with E-state index < -0.39 is 17.2 Å². The van der Waals surface area contributed by atoms with E-state index >= 15 is 4.39 Å². The number of rotatable bonds is 6. The molecule has 5 aromatic rings. The Hall–Kier alpha value is -5.60. The summed E-state index contributed by atoms with van der Waals surface area (Å²) in [4.78, 5) is 45.1. The van der Waals surface area contributed by atoms with Gasteiger partial charge in [0.2, 0.25) is 11.1 Å². The van der Waals surface area contributed by atoms with Gasteiger partial charge >= 0.3 is 5.97 Å². The maximum atomic E-state index is 15.5. The minimum atomic E-state index is -0.712. The number of benzene rings is 2. The molecule has 8 rings (SSSR count). The number of esters is 1. The number of halogens is 1. The zero-order valence-electron chi connectivity index (χ0n) is 27.5. The normalized spacial score (nSPS) is 17.9. The Morgan fingerprint density at radius 3 is 2.71 bits per heavy atom. The lowest BCUT2D eigenvalue weighted by atomic mass is 9.95. The quantitative estimate of drug-likeness (QED) is 0.178. The number of aromatic nitrogens is 3. The maximum absolute atomic E-state index is 15.5. The zero-order valence-corrected chi connectivity index (χ0v) is 27.5. The summed E-state index contributed by atoms with van der Waals surface area (Å²) in [5.74, 6) is -0.824. The molecule has 1 aliphatic carbocycles. The van der Waals surface area contributed by atoms with Gasteiger partial charge in [-0.2, -0.15) is 0 Å². The van der Waals surface area contributed by atoms with Crippen molar-refractivity contribution in [1.82, 2.24) is 19.4 Å². The van der Waals surface area contributed by atoms with Gasteiger partial charge in [-0.1, -0.05) is 30.3 Å². The number of nitrogens with one attached hydrogen (secondary N) is 1. The largest absolute Gasteiger partial charge is 0.457 e. The molecular weight excluding hydrogens is 621 g/mol. The van der Waals surface area contributed by atoms with E-state index in [0.29, 0.717) is 34.8 Å². The number of carbonyl (C=O) groups excluding carboxylic acids is 1. The molecule has 2 fully saturated rings. The van der Waals surface area contributed by atoms with Crippen LogP contribution in [0.2, 0.25) is 0 Å². The number of nitrogens with zero attached hydrogens (tertiary/aromatic N) is 6. The Kier molecular flexibility index (Phi) is 7.41. The summed E-state index contributed by atoms with van der Waals surface area (Å²) in [7, 11) is 5.62. The van der Waals surface area contributed by atoms with Crippen LogP contribution in [0.1, 0.15) is 33.6 Å². The second kappa shape index (κ2) is 11.8. The summed E-state index contributed by atoms with van der Waals surface area (Å²) >= 11 is 0. The van der Waals surface area contributed by atoms with Gasteiger partial charge in [0.25, 0.3) is 0 Å². The highest BCUT2D eigenvalue weighted by Crippen LogP contribution is 2.54. The summed E-state index contributed by atoms with van der Waals surface area (Å²) in [6, 6.07) is 12.7. The van der Waals surface area contributed by atoms with Gasteiger partial charge in [0, 0.05) is 92.7 Å². The second-order valence-corrected chi connectivity index (χ2v) is 13.2. The Morgan fingerprint density at radius 2 is 1.94 bits per heavy atom. The van der Waals surface area contributed by atoms with Gasteiger partial charge in [-0.05, 0) is 42.6 Å². The highest BCUT2D eigenvalue weighted by Gasteiger charge is 2.43. The van der Waals surface area contributed by atoms with Crippen molar-refractivity contribution in [3.63, 3.8) is 0 Å². The van der Waals surface area contributed by atoms with Crippen molar-refractivity contribution in [3.8, 4) is 22.3 Å². The molecule has 0 bridgehead atoms. The van der Waals surface area contributed by atoms with Gasteiger partial charge in [0.05, 0.1) is 23.3 Å². The molecule has 49 heavy (non-hydrogen) atoms. The molecule has 0 spiro atoms. The molecule has 246 valence electrons. The van der Waals surface area contributed by atoms with E-state index in [1.165, 1.54) is 12.3 Å². The number of hydrogen-bond acceptors (Lipinski definition) is 8. The lowest BCUT2D eigenvalue weighted by molar-refractivity contribution is 0.0470. The molecule has 5 heterocycles. The first-order chi connectivity index (χ1) is 23.8. The van der Waals surface area contributed by atoms with Crippen LogP contribution in [0, 0.1) is 18.3 Å². The van der Waals surface area contributed by atoms with Crippen LogP contribution in [0.4, 0.5) is 21.5 Å². The van der Waals surface area contributed by atoms with E-state index in [1.807, 2.05) is 36.5 Å². The predicted molar refractivity (Wildman–Crippen MR) is 187 cm³/mol. The fraction of sp³-hybridized carbons (Fsp3) is 0.289. The molecule has 3 aliphatic rings. The number of anilines is 2. The summed E-state index contributed by atoms with van der Waals surface area (Å²) < 4.78 is 22.7. The molecule has 10 nitrogen and oxygen atoms in total. The van der Waals surface area contributed by atoms with Gasteiger partial charge in [0.1, 0.15) is 23.6 Å². The molecule has 11 heteroatoms. The van der Waals surface area contributed by atoms with E-state index in [9.17, 15) is 9.59 Å². The average Bonchev–Trinajstić information content (AvgIpc) is 3.80. The number of fused-ring (bicyclic) bond motifs is 5. The maximum Gasteiger partial charge on any atom is 0.344 e. The molecule has 2 aliphatic heterocycles. The van der Waals surface area contributed by atoms with Crippen LogP contribution in [-0.2, 0) is 24.8 Å². The van der Waals surface area contributed by atoms with E-state index in [2.05, 4.69) is 27.0 Å². The number of likely N-dealkylation sites (N-methyl/N-ethyl adjacent to an activating group) is 1. The fourth-order valence-corrected chi connectivity index (χ4v) is 7.99. The molecule has 0 radical (unpaired) electrons. The predicted octanol–water partition coefficient (Wildman–Crippen LogP) is 5.80. The number of likely N-dealkylation sites (tertiary alicyclic amines) is 1. The van der Waals surface area contributed by atoms with Crippen LogP contribution in [0.25, 0.3) is 38.1 Å². The third kappa shape index (κ3) is 4.94. The monoisotopic (exact) mass is 655 g/mol. The van der Waals surface area contributed by atoms with Crippen molar-refractivity contribution in [3.05, 3.63) is 111 Å². The molecule has 0 saturated carbocycles. The van der Waals surface area contributed by atoms with Crippen LogP contribution < -0.4 is 15.6 Å². The summed E-state index contributed by atoms with van der Waals surface area (Å²) in [5.41, 5.74) is 6.50. The Balaban J connectivity index is 1.31. The summed E-state index contributed by atoms with van der Waals surface area (Å²) in [5, 5.41) is 3.39. The first-order valence-corrected chi connectivity index (χ1v) is 16.4. The molecular formula is C38H34FN7O3. The van der Waals surface area contributed by atoms with Crippen LogP contribution >= 0.6 is 0 Å². The third-order valence-corrected chi connectivity index (χ3v) is 10.2. The van der Waals surface area contributed by atoms with Crippen molar-refractivity contribution in [2.75, 3.05) is 43.9 Å². The van der Waals surface area contributed by atoms with E-state index in [4.69, 9.17) is 21.3 Å². The van der Waals surface area contributed by atoms with Gasteiger partial charge in [-0.25, -0.2) is 19.0 Å². The number of aryl methyl sites for hydroxylation is 1. The molecule has 0 amide bonds. The smallest absolute Gasteiger partial charge is 0.344 e. The molecule has 2 aromatic carbocycles. The van der Waals surface area contributed by atoms with Crippen molar-refractivity contribution in [1.29, 1.82) is 0 Å². The van der Waals surface area contributed by atoms with Crippen LogP contribution in [0.15, 0.2) is 65.8 Å². The van der Waals surface area contributed by atoms with Gasteiger partial charge in [-0.3, -0.25) is 9.78 Å². The topological polar surface area (TPSA) is 96.9 Å². The highest BCUT2D eigenvalue weighted by atomic mass is 19.1. The minimum absolute atomic E-state index is 0.0172. The number of carbonyl (C=O) groups is 1. The first kappa shape index (κ1) is 30.7. The van der Waals surface area contributed by atoms with Gasteiger partial charge < -0.3 is 24.4 Å². The first-order valence-electron chi connectivity index (χ1n) is 16.4. The summed E-state index contributed by atoms with van der Waals surface area (Å²) in [6.07, 6.45) is 6.45. The van der Waals surface area contributed by atoms with E-state index in [1.54, 1.807) is 30.9 Å². The minimum Gasteiger partial charge on any atom is -0.457 e. The zero-order chi connectivity index (χ0) is 34.0. The molecule has 2 atom stereocenters. The van der Waals surface area contributed by atoms with Crippen LogP contribution in [0.3, 0.4) is 0 Å². The van der Waals surface area contributed by atoms with Crippen molar-refractivity contribution in [2.24, 2.45) is 13.0 Å². The van der Waals surface area contributed by atoms with Crippen LogP contribution in [0.5, 0.6) is 0 Å². The molecule has 1 N–H and O–H groups in total. The Labute approximate surface area is 282 Å². The van der Waals surface area contributed by atoms with Crippen molar-refractivity contribution >= 4 is 34.1 Å². The SMILES string of the molecule is [C-]#[N+]c1c(F)cc(NC)c2c1-c1c(ncc(-c3cnc4c(c3)c(=O)c(C(=O)OCc3ccccc3)cn4C)c1N1CC[C@H]3CN(C)C[C@H]31)C2. The highest BCUT2D eigenvalue weighted by molar-refractivity contribution is 6.02. The standard InChI is InChI=1S/C38H34FN7O3/c1-40-29-14-28(39)34(41-2)32-24(29)13-30-33(32)35(46-11-10-22-17-44(3)19-31(22)46)26(16-42-30)23-12-25-36(47)27(18-45(4)37(25)43-15-23)38(48)49-20-21-8-6-5-7-9-21/h5-9,12,14-16,18,22,31,40H,10-11,13,17,19-20H2,1,3-4H3/t22-,31+/m0/s1. The van der Waals surface area contributed by atoms with Crippen molar-refractivity contribution < 1.29 is 13.9 Å². The van der Waals surface area contributed by atoms with Gasteiger partial charge in [0.15, 0.2) is 0 Å². The average molecular weight is 656 g/mol. The number of pyridine rings is 3. The second-order valence-electron chi connectivity index (χ2n) is 13.2. The number of ether oxygens (including phenoxy) is 1.